The standard InChI is InChI=1S/C13H13ClN2O2/c1-8(10-6-5-9(17)7-11(10)18)15-13-4-2-3-12(14)16-13/h2-8,17-18H,1H3,(H,15,16). The number of phenolic OH excluding ortho intramolecular Hbond substituents is 2. The fraction of sp³-hybridized carbons (Fsp3) is 0.154. The van der Waals surface area contributed by atoms with Crippen LogP contribution in [0.4, 0.5) is 5.82 Å². The highest BCUT2D eigenvalue weighted by Crippen LogP contribution is 2.29. The zero-order chi connectivity index (χ0) is 13.1. The van der Waals surface area contributed by atoms with Gasteiger partial charge in [0, 0.05) is 11.6 Å². The van der Waals surface area contributed by atoms with E-state index in [1.54, 1.807) is 24.3 Å². The summed E-state index contributed by atoms with van der Waals surface area (Å²) in [6.07, 6.45) is 0. The number of aromatic nitrogens is 1. The quantitative estimate of drug-likeness (QED) is 0.744. The topological polar surface area (TPSA) is 65.4 Å². The first-order valence-corrected chi connectivity index (χ1v) is 5.85. The summed E-state index contributed by atoms with van der Waals surface area (Å²) >= 11 is 5.79. The van der Waals surface area contributed by atoms with Gasteiger partial charge in [-0.3, -0.25) is 0 Å². The molecular formula is C13H13ClN2O2. The van der Waals surface area contributed by atoms with Crippen molar-refractivity contribution in [3.63, 3.8) is 0 Å². The maximum absolute atomic E-state index is 9.75. The second-order valence-corrected chi connectivity index (χ2v) is 4.34. The molecular weight excluding hydrogens is 252 g/mol. The van der Waals surface area contributed by atoms with Crippen LogP contribution in [0.1, 0.15) is 18.5 Å². The van der Waals surface area contributed by atoms with Gasteiger partial charge in [-0.2, -0.15) is 0 Å². The molecule has 0 saturated carbocycles. The van der Waals surface area contributed by atoms with Crippen molar-refractivity contribution < 1.29 is 10.2 Å². The van der Waals surface area contributed by atoms with Gasteiger partial charge in [-0.15, -0.1) is 0 Å². The lowest BCUT2D eigenvalue weighted by Crippen LogP contribution is -2.08. The average molecular weight is 265 g/mol. The number of anilines is 1. The Morgan fingerprint density at radius 1 is 1.22 bits per heavy atom. The van der Waals surface area contributed by atoms with Crippen molar-refractivity contribution in [1.29, 1.82) is 0 Å². The van der Waals surface area contributed by atoms with Crippen molar-refractivity contribution in [3.05, 3.63) is 47.1 Å². The molecule has 0 aliphatic carbocycles. The van der Waals surface area contributed by atoms with Gasteiger partial charge in [0.05, 0.1) is 6.04 Å². The lowest BCUT2D eigenvalue weighted by molar-refractivity contribution is 0.444. The Bertz CT molecular complexity index is 560. The highest BCUT2D eigenvalue weighted by Gasteiger charge is 2.11. The van der Waals surface area contributed by atoms with Gasteiger partial charge in [0.25, 0.3) is 0 Å². The summed E-state index contributed by atoms with van der Waals surface area (Å²) in [4.78, 5) is 4.11. The van der Waals surface area contributed by atoms with E-state index in [0.29, 0.717) is 16.5 Å². The van der Waals surface area contributed by atoms with Crippen molar-refractivity contribution in [2.24, 2.45) is 0 Å². The predicted molar refractivity (Wildman–Crippen MR) is 71.1 cm³/mol. The molecule has 1 aromatic carbocycles. The molecule has 94 valence electrons. The first-order chi connectivity index (χ1) is 8.56. The fourth-order valence-electron chi connectivity index (χ4n) is 1.69. The third-order valence-electron chi connectivity index (χ3n) is 2.56. The number of pyridine rings is 1. The van der Waals surface area contributed by atoms with E-state index in [9.17, 15) is 10.2 Å². The van der Waals surface area contributed by atoms with Gasteiger partial charge in [-0.1, -0.05) is 17.7 Å². The van der Waals surface area contributed by atoms with Crippen LogP contribution in [-0.2, 0) is 0 Å². The van der Waals surface area contributed by atoms with Crippen LogP contribution in [0.5, 0.6) is 11.5 Å². The molecule has 0 radical (unpaired) electrons. The number of hydrogen-bond acceptors (Lipinski definition) is 4. The lowest BCUT2D eigenvalue weighted by atomic mass is 10.1. The molecule has 0 fully saturated rings. The molecule has 0 aliphatic rings. The first-order valence-electron chi connectivity index (χ1n) is 5.47. The van der Waals surface area contributed by atoms with Crippen LogP contribution in [0.25, 0.3) is 0 Å². The summed E-state index contributed by atoms with van der Waals surface area (Å²) in [6.45, 7) is 1.88. The van der Waals surface area contributed by atoms with E-state index in [1.807, 2.05) is 6.92 Å². The number of nitrogens with one attached hydrogen (secondary N) is 1. The van der Waals surface area contributed by atoms with Crippen molar-refractivity contribution in [3.8, 4) is 11.5 Å². The molecule has 2 aromatic rings. The highest BCUT2D eigenvalue weighted by molar-refractivity contribution is 6.29. The third-order valence-corrected chi connectivity index (χ3v) is 2.77. The number of nitrogens with zero attached hydrogens (tertiary/aromatic N) is 1. The number of halogens is 1. The third kappa shape index (κ3) is 2.84. The van der Waals surface area contributed by atoms with Gasteiger partial charge in [-0.25, -0.2) is 4.98 Å². The summed E-state index contributed by atoms with van der Waals surface area (Å²) < 4.78 is 0. The smallest absolute Gasteiger partial charge is 0.131 e. The van der Waals surface area contributed by atoms with E-state index in [0.717, 1.165) is 0 Å². The second-order valence-electron chi connectivity index (χ2n) is 3.95. The predicted octanol–water partition coefficient (Wildman–Crippen LogP) is 3.32. The Morgan fingerprint density at radius 3 is 2.67 bits per heavy atom. The molecule has 1 aromatic heterocycles. The molecule has 0 spiro atoms. The van der Waals surface area contributed by atoms with Gasteiger partial charge in [0.1, 0.15) is 22.5 Å². The van der Waals surface area contributed by atoms with Gasteiger partial charge >= 0.3 is 0 Å². The van der Waals surface area contributed by atoms with Crippen LogP contribution < -0.4 is 5.32 Å². The summed E-state index contributed by atoms with van der Waals surface area (Å²) in [6, 6.07) is 9.61. The molecule has 0 bridgehead atoms. The minimum Gasteiger partial charge on any atom is -0.508 e. The van der Waals surface area contributed by atoms with E-state index >= 15 is 0 Å². The van der Waals surface area contributed by atoms with Crippen molar-refractivity contribution in [2.45, 2.75) is 13.0 Å². The van der Waals surface area contributed by atoms with Crippen LogP contribution in [0, 0.1) is 0 Å². The molecule has 4 nitrogen and oxygen atoms in total. The molecule has 0 aliphatic heterocycles. The van der Waals surface area contributed by atoms with E-state index in [-0.39, 0.29) is 17.5 Å². The molecule has 0 saturated heterocycles. The molecule has 5 heteroatoms. The number of benzene rings is 1. The van der Waals surface area contributed by atoms with Crippen LogP contribution in [-0.4, -0.2) is 15.2 Å². The highest BCUT2D eigenvalue weighted by atomic mass is 35.5. The molecule has 1 atom stereocenters. The van der Waals surface area contributed by atoms with E-state index in [2.05, 4.69) is 10.3 Å². The van der Waals surface area contributed by atoms with Crippen LogP contribution in [0.3, 0.4) is 0 Å². The monoisotopic (exact) mass is 264 g/mol. The van der Waals surface area contributed by atoms with Crippen molar-refractivity contribution in [2.75, 3.05) is 5.32 Å². The van der Waals surface area contributed by atoms with Crippen LogP contribution >= 0.6 is 11.6 Å². The Kier molecular flexibility index (Phi) is 3.58. The Morgan fingerprint density at radius 2 is 2.00 bits per heavy atom. The minimum absolute atomic E-state index is 0.0318. The summed E-state index contributed by atoms with van der Waals surface area (Å²) in [5, 5.41) is 22.5. The number of phenols is 2. The molecule has 3 N–H and O–H groups in total. The van der Waals surface area contributed by atoms with E-state index in [4.69, 9.17) is 11.6 Å². The molecule has 1 unspecified atom stereocenters. The summed E-state index contributed by atoms with van der Waals surface area (Å²) in [5.74, 6) is 0.698. The van der Waals surface area contributed by atoms with Gasteiger partial charge in [0.15, 0.2) is 0 Å². The Hall–Kier alpha value is -1.94. The van der Waals surface area contributed by atoms with Gasteiger partial charge in [-0.05, 0) is 31.2 Å². The van der Waals surface area contributed by atoms with Crippen molar-refractivity contribution >= 4 is 17.4 Å². The van der Waals surface area contributed by atoms with Crippen LogP contribution in [0.15, 0.2) is 36.4 Å². The molecule has 2 rings (SSSR count). The second kappa shape index (κ2) is 5.14. The zero-order valence-electron chi connectivity index (χ0n) is 9.76. The van der Waals surface area contributed by atoms with Gasteiger partial charge in [0.2, 0.25) is 0 Å². The number of hydrogen-bond donors (Lipinski definition) is 3. The summed E-state index contributed by atoms with van der Waals surface area (Å²) in [7, 11) is 0. The largest absolute Gasteiger partial charge is 0.508 e. The average Bonchev–Trinajstić information content (AvgIpc) is 2.28. The molecule has 1 heterocycles. The van der Waals surface area contributed by atoms with E-state index in [1.165, 1.54) is 12.1 Å². The molecule has 18 heavy (non-hydrogen) atoms. The van der Waals surface area contributed by atoms with Gasteiger partial charge < -0.3 is 15.5 Å². The lowest BCUT2D eigenvalue weighted by Gasteiger charge is -2.16. The van der Waals surface area contributed by atoms with Crippen molar-refractivity contribution in [1.82, 2.24) is 4.98 Å². The normalized spacial score (nSPS) is 12.1. The first kappa shape index (κ1) is 12.5. The maximum Gasteiger partial charge on any atom is 0.131 e. The number of rotatable bonds is 3. The summed E-state index contributed by atoms with van der Waals surface area (Å²) in [5.41, 5.74) is 0.676. The molecule has 0 amide bonds. The fourth-order valence-corrected chi connectivity index (χ4v) is 1.85. The van der Waals surface area contributed by atoms with Crippen LogP contribution in [0.2, 0.25) is 5.15 Å². The zero-order valence-corrected chi connectivity index (χ0v) is 10.5. The number of aromatic hydroxyl groups is 2. The minimum atomic E-state index is -0.156. The maximum atomic E-state index is 9.75. The van der Waals surface area contributed by atoms with E-state index < -0.39 is 0 Å². The Balaban J connectivity index is 2.19. The SMILES string of the molecule is CC(Nc1cccc(Cl)n1)c1ccc(O)cc1O. The Labute approximate surface area is 110 Å².